The molecule has 3 rings (SSSR count). The predicted octanol–water partition coefficient (Wildman–Crippen LogP) is 4.65. The Kier molecular flexibility index (Phi) is 6.30. The molecule has 0 fully saturated rings. The van der Waals surface area contributed by atoms with E-state index >= 15 is 0 Å². The van der Waals surface area contributed by atoms with Crippen molar-refractivity contribution in [2.75, 3.05) is 11.1 Å². The maximum atomic E-state index is 12.2. The first kappa shape index (κ1) is 18.5. The molecule has 0 aliphatic heterocycles. The number of hydrogen-bond acceptors (Lipinski definition) is 4. The fourth-order valence-electron chi connectivity index (χ4n) is 3.13. The highest BCUT2D eigenvalue weighted by atomic mass is 32.2. The Morgan fingerprint density at radius 2 is 1.92 bits per heavy atom. The second-order valence-corrected chi connectivity index (χ2v) is 7.64. The number of hydrogen-bond donors (Lipinski definition) is 1. The number of benzene rings is 1. The van der Waals surface area contributed by atoms with E-state index in [1.165, 1.54) is 30.2 Å². The number of nitrogens with one attached hydrogen (secondary N) is 1. The van der Waals surface area contributed by atoms with Crippen molar-refractivity contribution in [3.63, 3.8) is 0 Å². The Hall–Kier alpha value is -2.32. The van der Waals surface area contributed by atoms with E-state index in [1.807, 2.05) is 37.3 Å². The van der Waals surface area contributed by atoms with Crippen molar-refractivity contribution in [3.8, 4) is 6.07 Å². The number of pyridine rings is 1. The molecule has 1 aromatic heterocycles. The summed E-state index contributed by atoms with van der Waals surface area (Å²) in [4.78, 5) is 17.0. The van der Waals surface area contributed by atoms with Crippen LogP contribution in [-0.2, 0) is 17.6 Å². The van der Waals surface area contributed by atoms with Crippen LogP contribution < -0.4 is 5.32 Å². The monoisotopic (exact) mass is 365 g/mol. The van der Waals surface area contributed by atoms with Crippen LogP contribution in [0.15, 0.2) is 35.4 Å². The summed E-state index contributed by atoms with van der Waals surface area (Å²) in [7, 11) is 0. The van der Waals surface area contributed by atoms with Gasteiger partial charge in [0.25, 0.3) is 0 Å². The molecule has 1 aliphatic rings. The topological polar surface area (TPSA) is 65.8 Å². The van der Waals surface area contributed by atoms with Gasteiger partial charge in [-0.25, -0.2) is 4.98 Å². The van der Waals surface area contributed by atoms with Gasteiger partial charge in [-0.2, -0.15) is 5.26 Å². The highest BCUT2D eigenvalue weighted by Gasteiger charge is 2.15. The summed E-state index contributed by atoms with van der Waals surface area (Å²) in [5.41, 5.74) is 4.83. The minimum Gasteiger partial charge on any atom is -0.325 e. The van der Waals surface area contributed by atoms with Crippen LogP contribution >= 0.6 is 11.8 Å². The Labute approximate surface area is 159 Å². The van der Waals surface area contributed by atoms with Crippen molar-refractivity contribution < 1.29 is 4.79 Å². The molecule has 2 aromatic rings. The molecular weight excluding hydrogens is 342 g/mol. The van der Waals surface area contributed by atoms with E-state index in [-0.39, 0.29) is 11.7 Å². The highest BCUT2D eigenvalue weighted by Crippen LogP contribution is 2.26. The highest BCUT2D eigenvalue weighted by molar-refractivity contribution is 8.00. The molecule has 4 nitrogen and oxygen atoms in total. The van der Waals surface area contributed by atoms with Crippen molar-refractivity contribution in [1.29, 1.82) is 5.26 Å². The van der Waals surface area contributed by atoms with Gasteiger partial charge in [0.15, 0.2) is 0 Å². The van der Waals surface area contributed by atoms with Gasteiger partial charge < -0.3 is 5.32 Å². The molecule has 5 heteroatoms. The summed E-state index contributed by atoms with van der Waals surface area (Å²) in [5, 5.41) is 13.0. The van der Waals surface area contributed by atoms with E-state index in [0.29, 0.717) is 10.6 Å². The number of thioether (sulfide) groups is 1. The van der Waals surface area contributed by atoms with Gasteiger partial charge in [0.1, 0.15) is 11.1 Å². The van der Waals surface area contributed by atoms with Crippen LogP contribution in [0.25, 0.3) is 0 Å². The molecule has 1 aliphatic carbocycles. The molecule has 0 atom stereocenters. The number of anilines is 1. The number of aromatic nitrogens is 1. The van der Waals surface area contributed by atoms with Crippen LogP contribution in [0.3, 0.4) is 0 Å². The van der Waals surface area contributed by atoms with Gasteiger partial charge in [0.05, 0.1) is 11.3 Å². The number of rotatable bonds is 4. The number of nitrogens with zero attached hydrogens (tertiary/aromatic N) is 2. The maximum Gasteiger partial charge on any atom is 0.234 e. The fraction of sp³-hybridized carbons (Fsp3) is 0.381. The van der Waals surface area contributed by atoms with E-state index in [0.717, 1.165) is 42.6 Å². The largest absolute Gasteiger partial charge is 0.325 e. The summed E-state index contributed by atoms with van der Waals surface area (Å²) in [6.07, 6.45) is 6.74. The third kappa shape index (κ3) is 4.86. The van der Waals surface area contributed by atoms with Crippen LogP contribution in [0.4, 0.5) is 5.69 Å². The number of carbonyl (C=O) groups is 1. The first-order valence-corrected chi connectivity index (χ1v) is 10.1. The molecule has 0 spiro atoms. The zero-order chi connectivity index (χ0) is 18.4. The molecule has 0 saturated heterocycles. The Bertz CT molecular complexity index is 824. The molecule has 26 heavy (non-hydrogen) atoms. The molecule has 134 valence electrons. The van der Waals surface area contributed by atoms with Crippen molar-refractivity contribution in [3.05, 3.63) is 52.7 Å². The van der Waals surface area contributed by atoms with E-state index in [4.69, 9.17) is 4.98 Å². The number of fused-ring (bicyclic) bond motifs is 1. The lowest BCUT2D eigenvalue weighted by molar-refractivity contribution is -0.113. The minimum atomic E-state index is -0.0868. The molecule has 0 unspecified atom stereocenters. The molecule has 1 heterocycles. The van der Waals surface area contributed by atoms with E-state index in [9.17, 15) is 10.1 Å². The molecule has 0 radical (unpaired) electrons. The number of amides is 1. The summed E-state index contributed by atoms with van der Waals surface area (Å²) < 4.78 is 0. The lowest BCUT2D eigenvalue weighted by Crippen LogP contribution is -2.14. The van der Waals surface area contributed by atoms with Gasteiger partial charge in [0.2, 0.25) is 5.91 Å². The van der Waals surface area contributed by atoms with Crippen molar-refractivity contribution >= 4 is 23.4 Å². The average molecular weight is 366 g/mol. The van der Waals surface area contributed by atoms with Crippen LogP contribution in [0.5, 0.6) is 0 Å². The second kappa shape index (κ2) is 8.86. The molecular formula is C21H23N3OS. The fourth-order valence-corrected chi connectivity index (χ4v) is 3.90. The van der Waals surface area contributed by atoms with Crippen molar-refractivity contribution in [1.82, 2.24) is 4.98 Å². The van der Waals surface area contributed by atoms with Crippen molar-refractivity contribution in [2.45, 2.75) is 50.5 Å². The number of carbonyl (C=O) groups excluding carboxylic acids is 1. The Balaban J connectivity index is 1.68. The zero-order valence-corrected chi connectivity index (χ0v) is 15.9. The van der Waals surface area contributed by atoms with Crippen LogP contribution in [0.1, 0.15) is 48.1 Å². The van der Waals surface area contributed by atoms with Crippen molar-refractivity contribution in [2.24, 2.45) is 0 Å². The maximum absolute atomic E-state index is 12.2. The molecule has 1 aromatic carbocycles. The number of aryl methyl sites for hydroxylation is 3. The molecule has 1 amide bonds. The van der Waals surface area contributed by atoms with Gasteiger partial charge in [-0.15, -0.1) is 0 Å². The van der Waals surface area contributed by atoms with Gasteiger partial charge >= 0.3 is 0 Å². The molecule has 0 bridgehead atoms. The van der Waals surface area contributed by atoms with Crippen LogP contribution in [0, 0.1) is 18.3 Å². The lowest BCUT2D eigenvalue weighted by Gasteiger charge is -2.15. The van der Waals surface area contributed by atoms with Gasteiger partial charge in [0, 0.05) is 11.4 Å². The molecule has 1 N–H and O–H groups in total. The molecule has 0 saturated carbocycles. The lowest BCUT2D eigenvalue weighted by atomic mass is 9.96. The van der Waals surface area contributed by atoms with Crippen LogP contribution in [-0.4, -0.2) is 16.6 Å². The third-order valence-corrected chi connectivity index (χ3v) is 5.55. The standard InChI is InChI=1S/C21H23N3OS/c1-15-8-10-18(11-9-15)23-20(25)14-26-21-17(13-22)12-16-6-4-2-3-5-7-19(16)24-21/h8-12H,2-7,14H2,1H3,(H,23,25). The average Bonchev–Trinajstić information content (AvgIpc) is 2.62. The predicted molar refractivity (Wildman–Crippen MR) is 105 cm³/mol. The second-order valence-electron chi connectivity index (χ2n) is 6.68. The summed E-state index contributed by atoms with van der Waals surface area (Å²) >= 11 is 1.34. The summed E-state index contributed by atoms with van der Waals surface area (Å²) in [6, 6.07) is 11.9. The quantitative estimate of drug-likeness (QED) is 0.801. The Morgan fingerprint density at radius 3 is 2.65 bits per heavy atom. The minimum absolute atomic E-state index is 0.0868. The van der Waals surface area contributed by atoms with E-state index in [2.05, 4.69) is 11.4 Å². The SMILES string of the molecule is Cc1ccc(NC(=O)CSc2nc3c(cc2C#N)CCCCCC3)cc1. The number of nitriles is 1. The summed E-state index contributed by atoms with van der Waals surface area (Å²) in [6.45, 7) is 2.01. The zero-order valence-electron chi connectivity index (χ0n) is 15.0. The summed E-state index contributed by atoms with van der Waals surface area (Å²) in [5.74, 6) is 0.158. The van der Waals surface area contributed by atoms with Gasteiger partial charge in [-0.1, -0.05) is 42.3 Å². The first-order chi connectivity index (χ1) is 12.7. The normalized spacial score (nSPS) is 13.8. The third-order valence-electron chi connectivity index (χ3n) is 4.56. The van der Waals surface area contributed by atoms with Gasteiger partial charge in [-0.05, 0) is 56.4 Å². The smallest absolute Gasteiger partial charge is 0.234 e. The van der Waals surface area contributed by atoms with Gasteiger partial charge in [-0.3, -0.25) is 4.79 Å². The van der Waals surface area contributed by atoms with E-state index < -0.39 is 0 Å². The van der Waals surface area contributed by atoms with E-state index in [1.54, 1.807) is 0 Å². The van der Waals surface area contributed by atoms with Crippen LogP contribution in [0.2, 0.25) is 0 Å². The Morgan fingerprint density at radius 1 is 1.19 bits per heavy atom. The first-order valence-electron chi connectivity index (χ1n) is 9.08.